The Morgan fingerprint density at radius 3 is 2.64 bits per heavy atom. The lowest BCUT2D eigenvalue weighted by Crippen LogP contribution is -2.39. The van der Waals surface area contributed by atoms with Crippen molar-refractivity contribution in [3.05, 3.63) is 36.0 Å². The monoisotopic (exact) mass is 510 g/mol. The fourth-order valence-corrected chi connectivity index (χ4v) is 4.65. The number of allylic oxidation sites excluding steroid dienone is 2. The highest BCUT2D eigenvalue weighted by atomic mass is 16.6. The van der Waals surface area contributed by atoms with Gasteiger partial charge < -0.3 is 35.0 Å². The SMILES string of the molecule is CCC(O)C(C)C1OC1CC(C)(O)/C=C/C=C(\C)C1OC(=O)CC(O)CCC(C)(O)C(O)/C=C/C1C. The molecule has 2 rings (SSSR count). The van der Waals surface area contributed by atoms with Crippen molar-refractivity contribution in [2.24, 2.45) is 11.8 Å². The molecule has 0 bridgehead atoms. The Labute approximate surface area is 215 Å². The third kappa shape index (κ3) is 9.08. The molecule has 2 heterocycles. The maximum atomic E-state index is 12.5. The number of cyclic esters (lactones) is 1. The first-order valence-electron chi connectivity index (χ1n) is 13.0. The van der Waals surface area contributed by atoms with Gasteiger partial charge in [-0.05, 0) is 45.6 Å². The molecule has 0 radical (unpaired) electrons. The molecular formula is C28H46O8. The summed E-state index contributed by atoms with van der Waals surface area (Å²) in [5, 5.41) is 52.0. The summed E-state index contributed by atoms with van der Waals surface area (Å²) in [5.74, 6) is -0.848. The van der Waals surface area contributed by atoms with Crippen LogP contribution in [-0.4, -0.2) is 79.3 Å². The first kappa shape index (κ1) is 30.7. The van der Waals surface area contributed by atoms with Crippen LogP contribution in [-0.2, 0) is 14.3 Å². The number of aliphatic hydroxyl groups is 5. The minimum atomic E-state index is -1.42. The van der Waals surface area contributed by atoms with Gasteiger partial charge >= 0.3 is 5.97 Å². The molecule has 0 aliphatic carbocycles. The standard InChI is InChI=1S/C28H46O8/c1-7-21(30)19(4)26-22(35-26)16-27(5,33)13-8-9-17(2)25-18(3)10-11-23(31)28(6,34)14-12-20(29)15-24(32)36-25/h8-11,13,18-23,25-26,29-31,33-34H,7,12,14-16H2,1-6H3/b11-10+,13-8+,17-9+. The van der Waals surface area contributed by atoms with E-state index in [0.717, 1.165) is 5.57 Å². The van der Waals surface area contributed by atoms with Gasteiger partial charge in [-0.15, -0.1) is 0 Å². The Balaban J connectivity index is 2.10. The number of epoxide rings is 1. The zero-order valence-electron chi connectivity index (χ0n) is 22.5. The Bertz CT molecular complexity index is 814. The Morgan fingerprint density at radius 2 is 2.00 bits per heavy atom. The molecule has 5 N–H and O–H groups in total. The van der Waals surface area contributed by atoms with Gasteiger partial charge in [-0.25, -0.2) is 0 Å². The van der Waals surface area contributed by atoms with Crippen molar-refractivity contribution < 1.29 is 39.8 Å². The fourth-order valence-electron chi connectivity index (χ4n) is 4.65. The van der Waals surface area contributed by atoms with Crippen molar-refractivity contribution in [2.75, 3.05) is 0 Å². The summed E-state index contributed by atoms with van der Waals surface area (Å²) in [4.78, 5) is 12.5. The molecule has 8 heteroatoms. The Morgan fingerprint density at radius 1 is 1.33 bits per heavy atom. The molecule has 206 valence electrons. The highest BCUT2D eigenvalue weighted by Gasteiger charge is 2.47. The maximum absolute atomic E-state index is 12.5. The summed E-state index contributed by atoms with van der Waals surface area (Å²) in [6, 6.07) is 0. The second-order valence-corrected chi connectivity index (χ2v) is 11.2. The fraction of sp³-hybridized carbons (Fsp3) is 0.750. The molecule has 0 amide bonds. The van der Waals surface area contributed by atoms with E-state index in [0.29, 0.717) is 12.8 Å². The number of carbonyl (C=O) groups excluding carboxylic acids is 1. The normalized spacial score (nSPS) is 38.9. The minimum Gasteiger partial charge on any atom is -0.457 e. The van der Waals surface area contributed by atoms with Crippen LogP contribution in [0.3, 0.4) is 0 Å². The average molecular weight is 511 g/mol. The predicted octanol–water partition coefficient (Wildman–Crippen LogP) is 2.57. The molecule has 10 atom stereocenters. The molecule has 1 saturated heterocycles. The second-order valence-electron chi connectivity index (χ2n) is 11.2. The predicted molar refractivity (Wildman–Crippen MR) is 137 cm³/mol. The van der Waals surface area contributed by atoms with Crippen LogP contribution in [0.2, 0.25) is 0 Å². The van der Waals surface area contributed by atoms with Gasteiger partial charge in [0, 0.05) is 18.3 Å². The highest BCUT2D eigenvalue weighted by molar-refractivity contribution is 5.70. The van der Waals surface area contributed by atoms with E-state index in [1.165, 1.54) is 13.0 Å². The molecule has 2 aliphatic rings. The Hall–Kier alpha value is -1.55. The third-order valence-corrected chi connectivity index (χ3v) is 7.40. The third-order valence-electron chi connectivity index (χ3n) is 7.40. The van der Waals surface area contributed by atoms with E-state index in [-0.39, 0.29) is 43.3 Å². The van der Waals surface area contributed by atoms with E-state index in [2.05, 4.69) is 0 Å². The van der Waals surface area contributed by atoms with Crippen LogP contribution < -0.4 is 0 Å². The quantitative estimate of drug-likeness (QED) is 0.145. The molecule has 10 unspecified atom stereocenters. The first-order chi connectivity index (χ1) is 16.7. The van der Waals surface area contributed by atoms with E-state index in [1.54, 1.807) is 31.2 Å². The van der Waals surface area contributed by atoms with Crippen LogP contribution in [0.5, 0.6) is 0 Å². The van der Waals surface area contributed by atoms with E-state index < -0.39 is 41.6 Å². The van der Waals surface area contributed by atoms with E-state index in [1.807, 2.05) is 27.7 Å². The van der Waals surface area contributed by atoms with Crippen LogP contribution in [0.4, 0.5) is 0 Å². The number of hydrogen-bond donors (Lipinski definition) is 5. The van der Waals surface area contributed by atoms with Crippen molar-refractivity contribution >= 4 is 5.97 Å². The molecule has 36 heavy (non-hydrogen) atoms. The largest absolute Gasteiger partial charge is 0.457 e. The molecule has 0 aromatic carbocycles. The lowest BCUT2D eigenvalue weighted by atomic mass is 9.89. The van der Waals surface area contributed by atoms with Gasteiger partial charge in [-0.3, -0.25) is 4.79 Å². The number of carbonyl (C=O) groups is 1. The van der Waals surface area contributed by atoms with Crippen molar-refractivity contribution in [3.8, 4) is 0 Å². The summed E-state index contributed by atoms with van der Waals surface area (Å²) in [5.41, 5.74) is -1.83. The van der Waals surface area contributed by atoms with E-state index in [9.17, 15) is 30.3 Å². The summed E-state index contributed by atoms with van der Waals surface area (Å²) >= 11 is 0. The number of ether oxygens (including phenoxy) is 2. The van der Waals surface area contributed by atoms with Crippen LogP contribution in [0.15, 0.2) is 36.0 Å². The topological polar surface area (TPSA) is 140 Å². The first-order valence-corrected chi connectivity index (χ1v) is 13.0. The number of aliphatic hydroxyl groups excluding tert-OH is 3. The van der Waals surface area contributed by atoms with Crippen LogP contribution in [0.25, 0.3) is 0 Å². The van der Waals surface area contributed by atoms with E-state index in [4.69, 9.17) is 9.47 Å². The zero-order valence-corrected chi connectivity index (χ0v) is 22.5. The minimum absolute atomic E-state index is 0.00739. The van der Waals surface area contributed by atoms with Gasteiger partial charge in [0.1, 0.15) is 12.2 Å². The molecule has 0 aromatic rings. The summed E-state index contributed by atoms with van der Waals surface area (Å²) < 4.78 is 11.4. The maximum Gasteiger partial charge on any atom is 0.309 e. The molecule has 1 fully saturated rings. The molecule has 2 aliphatic heterocycles. The van der Waals surface area contributed by atoms with Gasteiger partial charge in [-0.1, -0.05) is 51.2 Å². The summed E-state index contributed by atoms with van der Waals surface area (Å²) in [6.45, 7) is 10.7. The highest BCUT2D eigenvalue weighted by Crippen LogP contribution is 2.37. The Kier molecular flexibility index (Phi) is 10.9. The zero-order chi connectivity index (χ0) is 27.3. The van der Waals surface area contributed by atoms with Gasteiger partial charge in [-0.2, -0.15) is 0 Å². The summed E-state index contributed by atoms with van der Waals surface area (Å²) in [6.07, 6.45) is 6.13. The molecule has 8 nitrogen and oxygen atoms in total. The molecule has 0 aromatic heterocycles. The number of hydrogen-bond acceptors (Lipinski definition) is 8. The van der Waals surface area contributed by atoms with Gasteiger partial charge in [0.05, 0.1) is 42.0 Å². The molecular weight excluding hydrogens is 464 g/mol. The van der Waals surface area contributed by atoms with Crippen LogP contribution in [0.1, 0.15) is 73.6 Å². The van der Waals surface area contributed by atoms with E-state index >= 15 is 0 Å². The lowest BCUT2D eigenvalue weighted by Gasteiger charge is -2.30. The van der Waals surface area contributed by atoms with Crippen molar-refractivity contribution in [3.63, 3.8) is 0 Å². The van der Waals surface area contributed by atoms with Crippen molar-refractivity contribution in [1.29, 1.82) is 0 Å². The number of rotatable bonds is 8. The smallest absolute Gasteiger partial charge is 0.309 e. The molecule has 0 spiro atoms. The van der Waals surface area contributed by atoms with Crippen LogP contribution >= 0.6 is 0 Å². The second kappa shape index (κ2) is 12.8. The van der Waals surface area contributed by atoms with Gasteiger partial charge in [0.2, 0.25) is 0 Å². The number of esters is 1. The molecule has 0 saturated carbocycles. The van der Waals surface area contributed by atoms with Gasteiger partial charge in [0.15, 0.2) is 0 Å². The van der Waals surface area contributed by atoms with Crippen LogP contribution in [0, 0.1) is 11.8 Å². The average Bonchev–Trinajstić information content (AvgIpc) is 3.55. The lowest BCUT2D eigenvalue weighted by molar-refractivity contribution is -0.151. The van der Waals surface area contributed by atoms with Crippen molar-refractivity contribution in [1.82, 2.24) is 0 Å². The van der Waals surface area contributed by atoms with Crippen molar-refractivity contribution in [2.45, 2.75) is 121 Å². The summed E-state index contributed by atoms with van der Waals surface area (Å²) in [7, 11) is 0. The van der Waals surface area contributed by atoms with Gasteiger partial charge in [0.25, 0.3) is 0 Å².